The maximum Gasteiger partial charge on any atom is 0.346 e. The third-order valence-electron chi connectivity index (χ3n) is 3.47. The zero-order valence-electron chi connectivity index (χ0n) is 11.7. The van der Waals surface area contributed by atoms with E-state index in [1.54, 1.807) is 0 Å². The fourth-order valence-corrected chi connectivity index (χ4v) is 3.33. The molecule has 0 saturated carbocycles. The van der Waals surface area contributed by atoms with E-state index in [2.05, 4.69) is 22.5 Å². The Morgan fingerprint density at radius 3 is 2.90 bits per heavy atom. The molecule has 3 rings (SSSR count). The van der Waals surface area contributed by atoms with Crippen LogP contribution in [0.5, 0.6) is 0 Å². The van der Waals surface area contributed by atoms with Crippen LogP contribution in [0.3, 0.4) is 0 Å². The molecular weight excluding hydrogens is 284 g/mol. The predicted molar refractivity (Wildman–Crippen MR) is 84.1 cm³/mol. The van der Waals surface area contributed by atoms with Crippen molar-refractivity contribution in [3.05, 3.63) is 52.0 Å². The van der Waals surface area contributed by atoms with Crippen LogP contribution in [0.1, 0.15) is 34.4 Å². The molecule has 2 heterocycles. The number of carbonyl (C=O) groups is 1. The first-order chi connectivity index (χ1) is 10.2. The van der Waals surface area contributed by atoms with Crippen molar-refractivity contribution in [3.8, 4) is 0 Å². The quantitative estimate of drug-likeness (QED) is 0.780. The first-order valence-corrected chi connectivity index (χ1v) is 7.82. The predicted octanol–water partition coefficient (Wildman–Crippen LogP) is 3.80. The monoisotopic (exact) mass is 300 g/mol. The highest BCUT2D eigenvalue weighted by Crippen LogP contribution is 2.23. The molecule has 0 fully saturated rings. The van der Waals surface area contributed by atoms with Gasteiger partial charge in [0, 0.05) is 13.0 Å². The number of para-hydroxylation sites is 2. The third kappa shape index (κ3) is 2.56. The summed E-state index contributed by atoms with van der Waals surface area (Å²) >= 11 is 1.27. The van der Waals surface area contributed by atoms with Crippen molar-refractivity contribution in [1.29, 1.82) is 0 Å². The van der Waals surface area contributed by atoms with Gasteiger partial charge in [-0.15, -0.1) is 11.3 Å². The molecule has 0 aliphatic heterocycles. The van der Waals surface area contributed by atoms with Crippen molar-refractivity contribution >= 4 is 28.3 Å². The summed E-state index contributed by atoms with van der Waals surface area (Å²) in [6.45, 7) is 3.02. The van der Waals surface area contributed by atoms with Gasteiger partial charge in [-0.3, -0.25) is 0 Å². The molecule has 1 aromatic carbocycles. The molecule has 0 amide bonds. The number of nitrogens with zero attached hydrogens (tertiary/aromatic N) is 2. The SMILES string of the molecule is CCCn1c(Cc2ccsc2C(=O)O)nc2ccccc21. The first kappa shape index (κ1) is 13.8. The Morgan fingerprint density at radius 2 is 2.14 bits per heavy atom. The topological polar surface area (TPSA) is 55.1 Å². The molecule has 0 radical (unpaired) electrons. The molecule has 0 bridgehead atoms. The smallest absolute Gasteiger partial charge is 0.346 e. The first-order valence-electron chi connectivity index (χ1n) is 6.94. The van der Waals surface area contributed by atoms with Crippen molar-refractivity contribution in [2.24, 2.45) is 0 Å². The number of hydrogen-bond acceptors (Lipinski definition) is 3. The Labute approximate surface area is 126 Å². The molecule has 0 spiro atoms. The minimum Gasteiger partial charge on any atom is -0.477 e. The van der Waals surface area contributed by atoms with Crippen molar-refractivity contribution < 1.29 is 9.90 Å². The van der Waals surface area contributed by atoms with Gasteiger partial charge in [0.15, 0.2) is 0 Å². The number of benzene rings is 1. The standard InChI is InChI=1S/C16H16N2O2S/c1-2-8-18-13-6-4-3-5-12(13)17-14(18)10-11-7-9-21-15(11)16(19)20/h3-7,9H,2,8,10H2,1H3,(H,19,20). The Hall–Kier alpha value is -2.14. The van der Waals surface area contributed by atoms with Gasteiger partial charge < -0.3 is 9.67 Å². The summed E-state index contributed by atoms with van der Waals surface area (Å²) in [5.74, 6) is 0.0668. The Morgan fingerprint density at radius 1 is 1.33 bits per heavy atom. The molecule has 3 aromatic rings. The number of aryl methyl sites for hydroxylation is 1. The molecule has 0 saturated heterocycles. The number of carboxylic acid groups (broad SMARTS) is 1. The van der Waals surface area contributed by atoms with Crippen LogP contribution >= 0.6 is 11.3 Å². The molecule has 0 aliphatic rings. The maximum absolute atomic E-state index is 11.2. The molecule has 0 aliphatic carbocycles. The van der Waals surface area contributed by atoms with Crippen LogP contribution in [0, 0.1) is 0 Å². The largest absolute Gasteiger partial charge is 0.477 e. The zero-order chi connectivity index (χ0) is 14.8. The molecule has 0 atom stereocenters. The molecule has 0 unspecified atom stereocenters. The summed E-state index contributed by atoms with van der Waals surface area (Å²) in [5, 5.41) is 11.1. The van der Waals surface area contributed by atoms with Crippen LogP contribution in [0.25, 0.3) is 11.0 Å². The second kappa shape index (κ2) is 5.69. The molecule has 108 valence electrons. The Bertz CT molecular complexity index is 789. The number of thiophene rings is 1. The summed E-state index contributed by atoms with van der Waals surface area (Å²) in [7, 11) is 0. The maximum atomic E-state index is 11.2. The van der Waals surface area contributed by atoms with E-state index in [0.717, 1.165) is 35.4 Å². The lowest BCUT2D eigenvalue weighted by atomic mass is 10.2. The van der Waals surface area contributed by atoms with Gasteiger partial charge in [-0.25, -0.2) is 9.78 Å². The van der Waals surface area contributed by atoms with E-state index in [0.29, 0.717) is 11.3 Å². The summed E-state index contributed by atoms with van der Waals surface area (Å²) in [5.41, 5.74) is 2.91. The minimum atomic E-state index is -0.863. The van der Waals surface area contributed by atoms with E-state index in [9.17, 15) is 9.90 Å². The fourth-order valence-electron chi connectivity index (χ4n) is 2.57. The van der Waals surface area contributed by atoms with E-state index in [1.165, 1.54) is 11.3 Å². The van der Waals surface area contributed by atoms with Gasteiger partial charge in [-0.1, -0.05) is 19.1 Å². The third-order valence-corrected chi connectivity index (χ3v) is 4.42. The number of fused-ring (bicyclic) bond motifs is 1. The Balaban J connectivity index is 2.05. The van der Waals surface area contributed by atoms with Gasteiger partial charge in [0.05, 0.1) is 11.0 Å². The summed E-state index contributed by atoms with van der Waals surface area (Å²) in [6, 6.07) is 9.92. The van der Waals surface area contributed by atoms with Gasteiger partial charge in [-0.2, -0.15) is 0 Å². The van der Waals surface area contributed by atoms with Crippen LogP contribution < -0.4 is 0 Å². The lowest BCUT2D eigenvalue weighted by molar-refractivity contribution is 0.0701. The molecule has 21 heavy (non-hydrogen) atoms. The van der Waals surface area contributed by atoms with Gasteiger partial charge in [0.1, 0.15) is 10.7 Å². The number of imidazole rings is 1. The Kier molecular flexibility index (Phi) is 3.75. The second-order valence-electron chi connectivity index (χ2n) is 4.93. The van der Waals surface area contributed by atoms with Crippen molar-refractivity contribution in [2.45, 2.75) is 26.3 Å². The van der Waals surface area contributed by atoms with Crippen LogP contribution in [0.2, 0.25) is 0 Å². The van der Waals surface area contributed by atoms with Crippen LogP contribution in [0.15, 0.2) is 35.7 Å². The molecule has 1 N–H and O–H groups in total. The van der Waals surface area contributed by atoms with E-state index in [4.69, 9.17) is 0 Å². The van der Waals surface area contributed by atoms with E-state index < -0.39 is 5.97 Å². The van der Waals surface area contributed by atoms with E-state index in [-0.39, 0.29) is 0 Å². The lowest BCUT2D eigenvalue weighted by Crippen LogP contribution is -2.06. The molecule has 4 nitrogen and oxygen atoms in total. The summed E-state index contributed by atoms with van der Waals surface area (Å²) in [6.07, 6.45) is 1.57. The normalized spacial score (nSPS) is 11.1. The number of aromatic nitrogens is 2. The lowest BCUT2D eigenvalue weighted by Gasteiger charge is -2.07. The van der Waals surface area contributed by atoms with Gasteiger partial charge in [0.2, 0.25) is 0 Å². The van der Waals surface area contributed by atoms with Crippen LogP contribution in [-0.2, 0) is 13.0 Å². The highest BCUT2D eigenvalue weighted by atomic mass is 32.1. The fraction of sp³-hybridized carbons (Fsp3) is 0.250. The number of hydrogen-bond donors (Lipinski definition) is 1. The van der Waals surface area contributed by atoms with Crippen molar-refractivity contribution in [1.82, 2.24) is 9.55 Å². The van der Waals surface area contributed by atoms with Crippen LogP contribution in [-0.4, -0.2) is 20.6 Å². The molecule has 5 heteroatoms. The van der Waals surface area contributed by atoms with Gasteiger partial charge in [0.25, 0.3) is 0 Å². The van der Waals surface area contributed by atoms with Crippen molar-refractivity contribution in [2.75, 3.05) is 0 Å². The van der Waals surface area contributed by atoms with Crippen molar-refractivity contribution in [3.63, 3.8) is 0 Å². The average molecular weight is 300 g/mol. The van der Waals surface area contributed by atoms with Crippen LogP contribution in [0.4, 0.5) is 0 Å². The second-order valence-corrected chi connectivity index (χ2v) is 5.84. The van der Waals surface area contributed by atoms with E-state index in [1.807, 2.05) is 29.6 Å². The summed E-state index contributed by atoms with van der Waals surface area (Å²) in [4.78, 5) is 16.3. The zero-order valence-corrected chi connectivity index (χ0v) is 12.6. The number of carboxylic acids is 1. The number of aromatic carboxylic acids is 1. The van der Waals surface area contributed by atoms with Gasteiger partial charge >= 0.3 is 5.97 Å². The average Bonchev–Trinajstić information content (AvgIpc) is 3.05. The number of rotatable bonds is 5. The summed E-state index contributed by atoms with van der Waals surface area (Å²) < 4.78 is 2.19. The minimum absolute atomic E-state index is 0.408. The highest BCUT2D eigenvalue weighted by molar-refractivity contribution is 7.12. The highest BCUT2D eigenvalue weighted by Gasteiger charge is 2.16. The molecular formula is C16H16N2O2S. The van der Waals surface area contributed by atoms with E-state index >= 15 is 0 Å². The van der Waals surface area contributed by atoms with Gasteiger partial charge in [-0.05, 0) is 35.6 Å². The molecule has 2 aromatic heterocycles.